The molecule has 7 nitrogen and oxygen atoms in total. The molecule has 0 saturated carbocycles. The lowest BCUT2D eigenvalue weighted by atomic mass is 9.95. The van der Waals surface area contributed by atoms with Crippen LogP contribution in [-0.2, 0) is 9.53 Å². The molecule has 3 heterocycles. The number of ether oxygens (including phenoxy) is 2. The molecular formula is C25H25N3O4S. The van der Waals surface area contributed by atoms with Crippen molar-refractivity contribution in [3.05, 3.63) is 90.9 Å². The number of allylic oxidation sites excluding steroid dienone is 1. The zero-order valence-corrected chi connectivity index (χ0v) is 19.8. The Hall–Kier alpha value is -3.52. The van der Waals surface area contributed by atoms with E-state index in [9.17, 15) is 9.59 Å². The van der Waals surface area contributed by atoms with E-state index < -0.39 is 12.0 Å². The van der Waals surface area contributed by atoms with Gasteiger partial charge in [-0.25, -0.2) is 9.79 Å². The van der Waals surface area contributed by atoms with Gasteiger partial charge in [0.2, 0.25) is 0 Å². The highest BCUT2D eigenvalue weighted by molar-refractivity contribution is 7.07. The summed E-state index contributed by atoms with van der Waals surface area (Å²) >= 11 is 1.27. The fourth-order valence-corrected chi connectivity index (χ4v) is 4.78. The summed E-state index contributed by atoms with van der Waals surface area (Å²) in [5.41, 5.74) is 1.97. The minimum atomic E-state index is -0.721. The Morgan fingerprint density at radius 1 is 1.21 bits per heavy atom. The van der Waals surface area contributed by atoms with Crippen LogP contribution in [0.25, 0.3) is 6.08 Å². The van der Waals surface area contributed by atoms with Crippen LogP contribution in [0.4, 0.5) is 0 Å². The van der Waals surface area contributed by atoms with Crippen LogP contribution in [0.5, 0.6) is 5.75 Å². The van der Waals surface area contributed by atoms with Gasteiger partial charge in [0, 0.05) is 11.8 Å². The maximum atomic E-state index is 13.6. The van der Waals surface area contributed by atoms with Gasteiger partial charge in [0.1, 0.15) is 11.8 Å². The molecular weight excluding hydrogens is 438 g/mol. The molecule has 170 valence electrons. The molecule has 1 aliphatic rings. The number of thiazole rings is 1. The molecule has 33 heavy (non-hydrogen) atoms. The molecule has 0 N–H and O–H groups in total. The fraction of sp³-hybridized carbons (Fsp3) is 0.280. The fourth-order valence-electron chi connectivity index (χ4n) is 3.75. The van der Waals surface area contributed by atoms with Crippen LogP contribution in [0.1, 0.15) is 45.0 Å². The zero-order valence-electron chi connectivity index (χ0n) is 18.9. The highest BCUT2D eigenvalue weighted by atomic mass is 32.1. The van der Waals surface area contributed by atoms with Crippen molar-refractivity contribution in [3.63, 3.8) is 0 Å². The van der Waals surface area contributed by atoms with E-state index in [1.807, 2.05) is 56.3 Å². The van der Waals surface area contributed by atoms with Crippen LogP contribution in [0.3, 0.4) is 0 Å². The lowest BCUT2D eigenvalue weighted by Crippen LogP contribution is -2.40. The molecule has 3 aromatic rings. The quantitative estimate of drug-likeness (QED) is 0.525. The number of carbonyl (C=O) groups is 1. The Kier molecular flexibility index (Phi) is 6.55. The van der Waals surface area contributed by atoms with Gasteiger partial charge in [-0.05, 0) is 52.0 Å². The Morgan fingerprint density at radius 3 is 2.67 bits per heavy atom. The van der Waals surface area contributed by atoms with Crippen molar-refractivity contribution in [2.45, 2.75) is 39.8 Å². The monoisotopic (exact) mass is 463 g/mol. The maximum Gasteiger partial charge on any atom is 0.338 e. The first-order valence-corrected chi connectivity index (χ1v) is 11.6. The van der Waals surface area contributed by atoms with Crippen molar-refractivity contribution in [3.8, 4) is 5.75 Å². The van der Waals surface area contributed by atoms with E-state index in [2.05, 4.69) is 9.98 Å². The topological polar surface area (TPSA) is 82.8 Å². The molecule has 1 aliphatic heterocycles. The molecule has 2 aromatic heterocycles. The number of nitrogens with zero attached hydrogens (tertiary/aromatic N) is 3. The van der Waals surface area contributed by atoms with E-state index in [1.54, 1.807) is 30.7 Å². The number of rotatable bonds is 6. The van der Waals surface area contributed by atoms with Crippen molar-refractivity contribution in [2.24, 2.45) is 4.99 Å². The molecule has 4 rings (SSSR count). The zero-order chi connectivity index (χ0) is 23.5. The number of hydrogen-bond donors (Lipinski definition) is 0. The van der Waals surface area contributed by atoms with Gasteiger partial charge in [-0.3, -0.25) is 14.3 Å². The molecule has 1 atom stereocenters. The van der Waals surface area contributed by atoms with E-state index in [0.29, 0.717) is 37.6 Å². The number of benzene rings is 1. The van der Waals surface area contributed by atoms with Gasteiger partial charge in [0.05, 0.1) is 34.2 Å². The first-order chi connectivity index (χ1) is 15.9. The number of pyridine rings is 1. The number of para-hydroxylation sites is 1. The summed E-state index contributed by atoms with van der Waals surface area (Å²) in [6.07, 6.45) is 3.33. The predicted molar refractivity (Wildman–Crippen MR) is 127 cm³/mol. The lowest BCUT2D eigenvalue weighted by molar-refractivity contribution is -0.139. The van der Waals surface area contributed by atoms with Gasteiger partial charge >= 0.3 is 5.97 Å². The van der Waals surface area contributed by atoms with Gasteiger partial charge in [-0.15, -0.1) is 0 Å². The average molecular weight is 464 g/mol. The molecule has 1 aromatic carbocycles. The molecule has 0 aliphatic carbocycles. The Morgan fingerprint density at radius 2 is 1.97 bits per heavy atom. The Balaban J connectivity index is 1.99. The van der Waals surface area contributed by atoms with Crippen molar-refractivity contribution in [1.29, 1.82) is 0 Å². The minimum Gasteiger partial charge on any atom is -0.491 e. The molecule has 8 heteroatoms. The summed E-state index contributed by atoms with van der Waals surface area (Å²) in [6, 6.07) is 12.2. The van der Waals surface area contributed by atoms with Crippen LogP contribution in [0.2, 0.25) is 0 Å². The van der Waals surface area contributed by atoms with Gasteiger partial charge in [-0.2, -0.15) is 0 Å². The second kappa shape index (κ2) is 9.54. The van der Waals surface area contributed by atoms with Gasteiger partial charge in [-0.1, -0.05) is 35.6 Å². The van der Waals surface area contributed by atoms with Crippen LogP contribution in [0.15, 0.2) is 69.7 Å². The first kappa shape index (κ1) is 22.7. The number of aromatic nitrogens is 2. The molecule has 1 unspecified atom stereocenters. The highest BCUT2D eigenvalue weighted by Gasteiger charge is 2.35. The van der Waals surface area contributed by atoms with Crippen molar-refractivity contribution in [1.82, 2.24) is 9.55 Å². The third kappa shape index (κ3) is 4.52. The third-order valence-corrected chi connectivity index (χ3v) is 6.04. The first-order valence-electron chi connectivity index (χ1n) is 10.8. The summed E-state index contributed by atoms with van der Waals surface area (Å²) in [4.78, 5) is 36.0. The van der Waals surface area contributed by atoms with Crippen molar-refractivity contribution in [2.75, 3.05) is 6.61 Å². The van der Waals surface area contributed by atoms with E-state index >= 15 is 0 Å². The smallest absolute Gasteiger partial charge is 0.338 e. The SMILES string of the molecule is CCOC(=O)C1=C(C)N=c2s/c(=C\c3ccccn3)c(=O)n2C1c1ccccc1OC(C)C. The Labute approximate surface area is 195 Å². The van der Waals surface area contributed by atoms with Gasteiger partial charge in [0.25, 0.3) is 5.56 Å². The van der Waals surface area contributed by atoms with E-state index in [1.165, 1.54) is 11.3 Å². The minimum absolute atomic E-state index is 0.0812. The second-order valence-corrected chi connectivity index (χ2v) is 8.77. The summed E-state index contributed by atoms with van der Waals surface area (Å²) in [7, 11) is 0. The molecule has 0 spiro atoms. The van der Waals surface area contributed by atoms with Crippen LogP contribution >= 0.6 is 11.3 Å². The standard InChI is InChI=1S/C25H25N3O4S/c1-5-31-24(30)21-16(4)27-25-28(22(21)18-11-6-7-12-19(18)32-15(2)3)23(29)20(33-25)14-17-10-8-9-13-26-17/h6-15,22H,5H2,1-4H3/b20-14-. The van der Waals surface area contributed by atoms with Crippen LogP contribution in [-0.4, -0.2) is 28.2 Å². The normalized spacial score (nSPS) is 15.9. The predicted octanol–water partition coefficient (Wildman–Crippen LogP) is 2.98. The second-order valence-electron chi connectivity index (χ2n) is 7.76. The highest BCUT2D eigenvalue weighted by Crippen LogP contribution is 2.36. The number of esters is 1. The number of fused-ring (bicyclic) bond motifs is 1. The average Bonchev–Trinajstić information content (AvgIpc) is 3.08. The summed E-state index contributed by atoms with van der Waals surface area (Å²) in [5.74, 6) is 0.107. The van der Waals surface area contributed by atoms with Crippen molar-refractivity contribution < 1.29 is 14.3 Å². The van der Waals surface area contributed by atoms with Crippen molar-refractivity contribution >= 4 is 23.4 Å². The lowest BCUT2D eigenvalue weighted by Gasteiger charge is -2.26. The number of carbonyl (C=O) groups excluding carboxylic acids is 1. The molecule has 0 amide bonds. The molecule has 0 radical (unpaired) electrons. The summed E-state index contributed by atoms with van der Waals surface area (Å²) in [6.45, 7) is 7.60. The van der Waals surface area contributed by atoms with E-state index in [-0.39, 0.29) is 18.3 Å². The number of hydrogen-bond acceptors (Lipinski definition) is 7. The Bertz CT molecular complexity index is 1390. The maximum absolute atomic E-state index is 13.6. The van der Waals surface area contributed by atoms with Gasteiger partial charge < -0.3 is 9.47 Å². The summed E-state index contributed by atoms with van der Waals surface area (Å²) in [5, 5.41) is 0. The molecule has 0 fully saturated rings. The van der Waals surface area contributed by atoms with Crippen LogP contribution in [0, 0.1) is 0 Å². The largest absolute Gasteiger partial charge is 0.491 e. The van der Waals surface area contributed by atoms with Crippen LogP contribution < -0.4 is 19.6 Å². The third-order valence-electron chi connectivity index (χ3n) is 5.06. The molecule has 0 saturated heterocycles. The van der Waals surface area contributed by atoms with E-state index in [0.717, 1.165) is 0 Å². The van der Waals surface area contributed by atoms with Gasteiger partial charge in [0.15, 0.2) is 4.80 Å². The van der Waals surface area contributed by atoms with E-state index in [4.69, 9.17) is 9.47 Å². The molecule has 0 bridgehead atoms. The summed E-state index contributed by atoms with van der Waals surface area (Å²) < 4.78 is 13.4.